The van der Waals surface area contributed by atoms with Gasteiger partial charge in [0, 0.05) is 11.1 Å². The van der Waals surface area contributed by atoms with Gasteiger partial charge in [-0.25, -0.2) is 19.6 Å². The number of hydrogen-bond acceptors (Lipinski definition) is 8. The first-order chi connectivity index (χ1) is 24.1. The molecule has 6 rings (SSSR count). The van der Waals surface area contributed by atoms with E-state index in [-0.39, 0.29) is 22.7 Å². The van der Waals surface area contributed by atoms with Crippen LogP contribution in [0.1, 0.15) is 93.1 Å². The van der Waals surface area contributed by atoms with Gasteiger partial charge in [0.1, 0.15) is 11.5 Å². The fourth-order valence-corrected chi connectivity index (χ4v) is 5.95. The van der Waals surface area contributed by atoms with Crippen LogP contribution in [0.25, 0.3) is 22.3 Å². The Kier molecular flexibility index (Phi) is 10.4. The lowest BCUT2D eigenvalue weighted by molar-refractivity contribution is -0.138. The lowest BCUT2D eigenvalue weighted by Gasteiger charge is -2.15. The van der Waals surface area contributed by atoms with E-state index in [4.69, 9.17) is 14.9 Å². The highest BCUT2D eigenvalue weighted by Crippen LogP contribution is 2.45. The highest BCUT2D eigenvalue weighted by atomic mass is 19.4. The normalized spacial score (nSPS) is 14.7. The molecule has 10 nitrogen and oxygen atoms in total. The largest absolute Gasteiger partial charge is 0.507 e. The molecule has 2 heterocycles. The van der Waals surface area contributed by atoms with E-state index < -0.39 is 35.4 Å². The Morgan fingerprint density at radius 3 is 1.53 bits per heavy atom. The number of halogens is 6. The van der Waals surface area contributed by atoms with Gasteiger partial charge in [-0.1, -0.05) is 0 Å². The SMILES string of the molecule is COc1ccc(C(F)(F)F)cc1C1=C(c2cncc(C(=O)O)n2)CCC1.O=C(O)c1cncc(C2=C(c3cc(C(F)(F)F)ccc3O)CCC2)n1. The number of carbonyl (C=O) groups is 2. The van der Waals surface area contributed by atoms with Gasteiger partial charge in [-0.05, 0) is 97.2 Å². The Labute approximate surface area is 285 Å². The monoisotopic (exact) mass is 714 g/mol. The predicted molar refractivity (Wildman–Crippen MR) is 170 cm³/mol. The second kappa shape index (κ2) is 14.6. The van der Waals surface area contributed by atoms with E-state index in [0.717, 1.165) is 49.1 Å². The smallest absolute Gasteiger partial charge is 0.416 e. The van der Waals surface area contributed by atoms with E-state index >= 15 is 0 Å². The fourth-order valence-electron chi connectivity index (χ4n) is 5.95. The van der Waals surface area contributed by atoms with E-state index in [0.29, 0.717) is 77.1 Å². The molecule has 51 heavy (non-hydrogen) atoms. The van der Waals surface area contributed by atoms with E-state index in [1.807, 2.05) is 0 Å². The molecule has 0 amide bonds. The summed E-state index contributed by atoms with van der Waals surface area (Å²) >= 11 is 0. The third-order valence-electron chi connectivity index (χ3n) is 8.26. The number of alkyl halides is 6. The molecule has 0 atom stereocenters. The van der Waals surface area contributed by atoms with Crippen molar-refractivity contribution in [3.8, 4) is 11.5 Å². The molecule has 2 aliphatic carbocycles. The molecule has 0 saturated heterocycles. The van der Waals surface area contributed by atoms with Gasteiger partial charge in [0.05, 0.1) is 54.4 Å². The number of carboxylic acids is 2. The molecule has 16 heteroatoms. The molecule has 0 fully saturated rings. The van der Waals surface area contributed by atoms with Gasteiger partial charge in [0.15, 0.2) is 11.4 Å². The van der Waals surface area contributed by atoms with Gasteiger partial charge in [0.2, 0.25) is 0 Å². The van der Waals surface area contributed by atoms with Crippen molar-refractivity contribution >= 4 is 34.2 Å². The van der Waals surface area contributed by atoms with Crippen LogP contribution < -0.4 is 4.74 Å². The zero-order chi connectivity index (χ0) is 37.1. The van der Waals surface area contributed by atoms with E-state index in [9.17, 15) is 41.0 Å². The number of hydrogen-bond donors (Lipinski definition) is 3. The number of rotatable bonds is 7. The average Bonchev–Trinajstić information content (AvgIpc) is 3.78. The van der Waals surface area contributed by atoms with Crippen LogP contribution in [-0.2, 0) is 12.4 Å². The lowest BCUT2D eigenvalue weighted by atomic mass is 9.97. The maximum absolute atomic E-state index is 13.1. The summed E-state index contributed by atoms with van der Waals surface area (Å²) in [6.45, 7) is 0. The topological polar surface area (TPSA) is 156 Å². The van der Waals surface area contributed by atoms with Crippen molar-refractivity contribution in [1.82, 2.24) is 19.9 Å². The first kappa shape index (κ1) is 36.5. The molecule has 0 aliphatic heterocycles. The second-order valence-electron chi connectivity index (χ2n) is 11.5. The summed E-state index contributed by atoms with van der Waals surface area (Å²) in [6.07, 6.45) is -0.472. The summed E-state index contributed by atoms with van der Waals surface area (Å²) < 4.78 is 83.5. The van der Waals surface area contributed by atoms with Crippen LogP contribution in [0, 0.1) is 0 Å². The first-order valence-corrected chi connectivity index (χ1v) is 15.3. The molecule has 2 aliphatic rings. The number of nitrogens with zero attached hydrogens (tertiary/aromatic N) is 4. The lowest BCUT2D eigenvalue weighted by Crippen LogP contribution is -2.06. The maximum atomic E-state index is 13.1. The summed E-state index contributed by atoms with van der Waals surface area (Å²) in [5.41, 5.74) is 1.50. The summed E-state index contributed by atoms with van der Waals surface area (Å²) in [5, 5.41) is 28.1. The van der Waals surface area contributed by atoms with Crippen LogP contribution in [0.15, 0.2) is 61.2 Å². The molecule has 0 saturated carbocycles. The van der Waals surface area contributed by atoms with Crippen LogP contribution in [0.2, 0.25) is 0 Å². The van der Waals surface area contributed by atoms with E-state index in [2.05, 4.69) is 19.9 Å². The summed E-state index contributed by atoms with van der Waals surface area (Å²) in [7, 11) is 1.39. The summed E-state index contributed by atoms with van der Waals surface area (Å²) in [6, 6.07) is 6.07. The number of ether oxygens (including phenoxy) is 1. The molecule has 0 unspecified atom stereocenters. The van der Waals surface area contributed by atoms with E-state index in [1.54, 1.807) is 0 Å². The van der Waals surface area contributed by atoms with Gasteiger partial charge < -0.3 is 20.1 Å². The van der Waals surface area contributed by atoms with Gasteiger partial charge in [0.25, 0.3) is 0 Å². The molecule has 0 radical (unpaired) electrons. The van der Waals surface area contributed by atoms with Crippen LogP contribution in [0.4, 0.5) is 26.3 Å². The number of aromatic carboxylic acids is 2. The van der Waals surface area contributed by atoms with Crippen molar-refractivity contribution in [2.75, 3.05) is 7.11 Å². The Balaban J connectivity index is 0.000000198. The second-order valence-corrected chi connectivity index (χ2v) is 11.5. The van der Waals surface area contributed by atoms with Gasteiger partial charge in [-0.2, -0.15) is 26.3 Å². The number of phenols is 1. The third-order valence-corrected chi connectivity index (χ3v) is 8.26. The molecular formula is C35H28F6N4O6. The zero-order valence-electron chi connectivity index (χ0n) is 26.6. The van der Waals surface area contributed by atoms with Crippen molar-refractivity contribution < 1.29 is 56.0 Å². The van der Waals surface area contributed by atoms with Crippen LogP contribution >= 0.6 is 0 Å². The molecule has 4 aromatic rings. The molecule has 266 valence electrons. The number of aromatic nitrogens is 4. The number of carboxylic acid groups (broad SMARTS) is 2. The number of phenolic OH excluding ortho intramolecular Hbond substituents is 1. The van der Waals surface area contributed by atoms with Crippen molar-refractivity contribution in [3.05, 3.63) is 106 Å². The molecular weight excluding hydrogens is 686 g/mol. The van der Waals surface area contributed by atoms with Crippen LogP contribution in [-0.4, -0.2) is 54.3 Å². The van der Waals surface area contributed by atoms with Crippen molar-refractivity contribution in [2.45, 2.75) is 50.9 Å². The summed E-state index contributed by atoms with van der Waals surface area (Å²) in [5.74, 6) is -2.38. The van der Waals surface area contributed by atoms with Crippen molar-refractivity contribution in [2.24, 2.45) is 0 Å². The predicted octanol–water partition coefficient (Wildman–Crippen LogP) is 8.29. The minimum absolute atomic E-state index is 0.0878. The average molecular weight is 715 g/mol. The van der Waals surface area contributed by atoms with Gasteiger partial charge in [-0.15, -0.1) is 0 Å². The highest BCUT2D eigenvalue weighted by Gasteiger charge is 2.34. The molecule has 0 bridgehead atoms. The number of benzene rings is 2. The Morgan fingerprint density at radius 1 is 0.647 bits per heavy atom. The zero-order valence-corrected chi connectivity index (χ0v) is 26.6. The van der Waals surface area contributed by atoms with Crippen LogP contribution in [0.5, 0.6) is 11.5 Å². The molecule has 0 spiro atoms. The number of allylic oxidation sites excluding steroid dienone is 4. The van der Waals surface area contributed by atoms with Crippen molar-refractivity contribution in [1.29, 1.82) is 0 Å². The standard InChI is InChI=1S/C18H15F3N2O3.C17H13F3N2O3/c1-26-16-6-5-10(18(19,20)21)7-13(16)11-3-2-4-12(11)14-8-22-9-15(23-14)17(24)25;18-17(19,20)9-4-5-15(23)12(6-9)10-2-1-3-11(10)13-7-21-8-14(22-13)16(24)25/h5-9H,2-4H2,1H3,(H,24,25);4-8,23H,1-3H2,(H,24,25). The van der Waals surface area contributed by atoms with Gasteiger partial charge in [-0.3, -0.25) is 9.97 Å². The Hall–Kier alpha value is -5.80. The minimum atomic E-state index is -4.52. The maximum Gasteiger partial charge on any atom is 0.416 e. The van der Waals surface area contributed by atoms with Crippen molar-refractivity contribution in [3.63, 3.8) is 0 Å². The number of aromatic hydroxyl groups is 1. The van der Waals surface area contributed by atoms with E-state index in [1.165, 1.54) is 25.6 Å². The fraction of sp³-hybridized carbons (Fsp3) is 0.257. The molecule has 2 aromatic heterocycles. The Morgan fingerprint density at radius 2 is 1.08 bits per heavy atom. The first-order valence-electron chi connectivity index (χ1n) is 15.3. The highest BCUT2D eigenvalue weighted by molar-refractivity contribution is 5.95. The van der Waals surface area contributed by atoms with Crippen LogP contribution in [0.3, 0.4) is 0 Å². The quantitative estimate of drug-likeness (QED) is 0.159. The molecule has 2 aromatic carbocycles. The summed E-state index contributed by atoms with van der Waals surface area (Å²) in [4.78, 5) is 38.0. The Bertz CT molecular complexity index is 2060. The molecule has 3 N–H and O–H groups in total. The minimum Gasteiger partial charge on any atom is -0.507 e. The van der Waals surface area contributed by atoms with Gasteiger partial charge >= 0.3 is 24.3 Å². The number of methoxy groups -OCH3 is 1. The third kappa shape index (κ3) is 8.16.